The van der Waals surface area contributed by atoms with Crippen LogP contribution in [0.2, 0.25) is 0 Å². The molecule has 1 fully saturated rings. The first-order chi connectivity index (χ1) is 11.5. The van der Waals surface area contributed by atoms with E-state index in [2.05, 4.69) is 5.32 Å². The lowest BCUT2D eigenvalue weighted by Crippen LogP contribution is -2.34. The van der Waals surface area contributed by atoms with E-state index < -0.39 is 23.7 Å². The molecule has 2 amide bonds. The molecular formula is C17H13FN2O4. The van der Waals surface area contributed by atoms with Crippen molar-refractivity contribution in [1.82, 2.24) is 0 Å². The molecule has 1 atom stereocenters. The minimum absolute atomic E-state index is 0.0309. The van der Waals surface area contributed by atoms with Crippen LogP contribution in [0.3, 0.4) is 0 Å². The number of hydrogen-bond acceptors (Lipinski definition) is 4. The fraction of sp³-hybridized carbons (Fsp3) is 0.118. The van der Waals surface area contributed by atoms with Gasteiger partial charge in [-0.2, -0.15) is 0 Å². The maximum Gasteiger partial charge on any atom is 0.335 e. The Kier molecular flexibility index (Phi) is 3.99. The molecule has 7 heteroatoms. The third kappa shape index (κ3) is 2.96. The minimum Gasteiger partial charge on any atom is -0.478 e. The van der Waals surface area contributed by atoms with Gasteiger partial charge in [0.2, 0.25) is 5.91 Å². The molecule has 2 aromatic rings. The van der Waals surface area contributed by atoms with Crippen LogP contribution in [0, 0.1) is 5.82 Å². The Balaban J connectivity index is 1.78. The number of benzene rings is 2. The van der Waals surface area contributed by atoms with Crippen LogP contribution in [-0.4, -0.2) is 28.9 Å². The van der Waals surface area contributed by atoms with Gasteiger partial charge in [-0.3, -0.25) is 9.59 Å². The normalized spacial score (nSPS) is 17.2. The van der Waals surface area contributed by atoms with Crippen LogP contribution in [-0.2, 0) is 9.59 Å². The van der Waals surface area contributed by atoms with E-state index in [4.69, 9.17) is 5.11 Å². The average Bonchev–Trinajstić information content (AvgIpc) is 2.83. The molecule has 24 heavy (non-hydrogen) atoms. The number of nitrogens with zero attached hydrogens (tertiary/aromatic N) is 1. The lowest BCUT2D eigenvalue weighted by molar-refractivity contribution is -0.121. The van der Waals surface area contributed by atoms with E-state index in [0.29, 0.717) is 11.4 Å². The quantitative estimate of drug-likeness (QED) is 0.841. The van der Waals surface area contributed by atoms with Crippen molar-refractivity contribution in [1.29, 1.82) is 0 Å². The van der Waals surface area contributed by atoms with E-state index in [0.717, 1.165) is 4.90 Å². The number of carbonyl (C=O) groups is 3. The number of anilines is 2. The molecule has 1 aliphatic heterocycles. The van der Waals surface area contributed by atoms with Gasteiger partial charge in [0.1, 0.15) is 11.9 Å². The Hall–Kier alpha value is -3.22. The molecule has 0 saturated carbocycles. The summed E-state index contributed by atoms with van der Waals surface area (Å²) in [4.78, 5) is 36.5. The molecule has 1 unspecified atom stereocenters. The Bertz CT molecular complexity index is 802. The number of nitrogens with one attached hydrogen (secondary N) is 1. The van der Waals surface area contributed by atoms with Crippen LogP contribution in [0.1, 0.15) is 16.8 Å². The molecule has 2 aromatic carbocycles. The number of carboxylic acid groups (broad SMARTS) is 1. The number of hydrogen-bond donors (Lipinski definition) is 2. The fourth-order valence-corrected chi connectivity index (χ4v) is 2.52. The monoisotopic (exact) mass is 328 g/mol. The molecule has 6 nitrogen and oxygen atoms in total. The number of rotatable bonds is 4. The first-order valence-corrected chi connectivity index (χ1v) is 7.18. The van der Waals surface area contributed by atoms with Gasteiger partial charge in [0, 0.05) is 5.69 Å². The van der Waals surface area contributed by atoms with Gasteiger partial charge >= 0.3 is 5.97 Å². The summed E-state index contributed by atoms with van der Waals surface area (Å²) in [5.74, 6) is -2.30. The van der Waals surface area contributed by atoms with Gasteiger partial charge < -0.3 is 10.4 Å². The van der Waals surface area contributed by atoms with Crippen molar-refractivity contribution in [2.24, 2.45) is 0 Å². The Morgan fingerprint density at radius 2 is 1.71 bits per heavy atom. The molecule has 0 aliphatic carbocycles. The first-order valence-electron chi connectivity index (χ1n) is 7.18. The summed E-state index contributed by atoms with van der Waals surface area (Å²) in [5.41, 5.74) is 0.919. The summed E-state index contributed by atoms with van der Waals surface area (Å²) in [7, 11) is 0. The van der Waals surface area contributed by atoms with E-state index in [1.165, 1.54) is 48.5 Å². The average molecular weight is 328 g/mol. The third-order valence-electron chi connectivity index (χ3n) is 3.70. The van der Waals surface area contributed by atoms with Crippen molar-refractivity contribution in [2.45, 2.75) is 12.5 Å². The summed E-state index contributed by atoms with van der Waals surface area (Å²) in [5, 5.41) is 11.8. The van der Waals surface area contributed by atoms with Crippen LogP contribution in [0.5, 0.6) is 0 Å². The van der Waals surface area contributed by atoms with E-state index >= 15 is 0 Å². The summed E-state index contributed by atoms with van der Waals surface area (Å²) in [6.45, 7) is 0. The minimum atomic E-state index is -1.09. The Morgan fingerprint density at radius 3 is 2.29 bits per heavy atom. The van der Waals surface area contributed by atoms with Crippen LogP contribution in [0.4, 0.5) is 15.8 Å². The molecular weight excluding hydrogens is 315 g/mol. The number of halogens is 1. The Morgan fingerprint density at radius 1 is 1.08 bits per heavy atom. The second-order valence-electron chi connectivity index (χ2n) is 5.33. The van der Waals surface area contributed by atoms with Crippen molar-refractivity contribution < 1.29 is 23.9 Å². The maximum absolute atomic E-state index is 12.9. The zero-order valence-corrected chi connectivity index (χ0v) is 12.4. The maximum atomic E-state index is 12.9. The van der Waals surface area contributed by atoms with Gasteiger partial charge in [-0.1, -0.05) is 0 Å². The molecule has 122 valence electrons. The van der Waals surface area contributed by atoms with Crippen molar-refractivity contribution in [3.8, 4) is 0 Å². The highest BCUT2D eigenvalue weighted by molar-refractivity contribution is 6.23. The molecule has 3 rings (SSSR count). The predicted octanol–water partition coefficient (Wildman–Crippen LogP) is 2.27. The second kappa shape index (κ2) is 6.11. The van der Waals surface area contributed by atoms with Crippen molar-refractivity contribution in [3.63, 3.8) is 0 Å². The number of carboxylic acids is 1. The van der Waals surface area contributed by atoms with Crippen LogP contribution >= 0.6 is 0 Å². The standard InChI is InChI=1S/C17H13FN2O4/c18-11-3-5-12(6-4-11)19-14-9-15(21)20(16(14)22)13-7-1-10(2-8-13)17(23)24/h1-8,14,19H,9H2,(H,23,24). The predicted molar refractivity (Wildman–Crippen MR) is 84.3 cm³/mol. The van der Waals surface area contributed by atoms with E-state index in [9.17, 15) is 18.8 Å². The Labute approximate surface area is 136 Å². The van der Waals surface area contributed by atoms with Crippen molar-refractivity contribution in [3.05, 3.63) is 59.9 Å². The highest BCUT2D eigenvalue weighted by Crippen LogP contribution is 2.25. The van der Waals surface area contributed by atoms with Crippen molar-refractivity contribution in [2.75, 3.05) is 10.2 Å². The van der Waals surface area contributed by atoms with Gasteiger partial charge in [-0.25, -0.2) is 14.1 Å². The molecule has 0 spiro atoms. The SMILES string of the molecule is O=C(O)c1ccc(N2C(=O)CC(Nc3ccc(F)cc3)C2=O)cc1. The first kappa shape index (κ1) is 15.7. The van der Waals surface area contributed by atoms with Gasteiger partial charge in [0.05, 0.1) is 17.7 Å². The highest BCUT2D eigenvalue weighted by atomic mass is 19.1. The van der Waals surface area contributed by atoms with Crippen LogP contribution in [0.25, 0.3) is 0 Å². The summed E-state index contributed by atoms with van der Waals surface area (Å²) >= 11 is 0. The number of aromatic carboxylic acids is 1. The summed E-state index contributed by atoms with van der Waals surface area (Å²) in [6, 6.07) is 10.2. The highest BCUT2D eigenvalue weighted by Gasteiger charge is 2.39. The molecule has 2 N–H and O–H groups in total. The van der Waals surface area contributed by atoms with Crippen LogP contribution < -0.4 is 10.2 Å². The zero-order valence-electron chi connectivity index (χ0n) is 12.4. The van der Waals surface area contributed by atoms with E-state index in [-0.39, 0.29) is 17.9 Å². The molecule has 0 radical (unpaired) electrons. The topological polar surface area (TPSA) is 86.7 Å². The van der Waals surface area contributed by atoms with E-state index in [1.807, 2.05) is 0 Å². The number of imide groups is 1. The van der Waals surface area contributed by atoms with Gasteiger partial charge in [0.25, 0.3) is 5.91 Å². The second-order valence-corrected chi connectivity index (χ2v) is 5.33. The van der Waals surface area contributed by atoms with Gasteiger partial charge in [0.15, 0.2) is 0 Å². The van der Waals surface area contributed by atoms with E-state index in [1.54, 1.807) is 0 Å². The number of amides is 2. The van der Waals surface area contributed by atoms with Gasteiger partial charge in [-0.15, -0.1) is 0 Å². The smallest absolute Gasteiger partial charge is 0.335 e. The van der Waals surface area contributed by atoms with Gasteiger partial charge in [-0.05, 0) is 48.5 Å². The zero-order chi connectivity index (χ0) is 17.3. The lowest BCUT2D eigenvalue weighted by atomic mass is 10.2. The molecule has 0 aromatic heterocycles. The summed E-state index contributed by atoms with van der Waals surface area (Å²) in [6.07, 6.45) is -0.0309. The van der Waals surface area contributed by atoms with Crippen LogP contribution in [0.15, 0.2) is 48.5 Å². The molecule has 1 saturated heterocycles. The molecule has 1 aliphatic rings. The third-order valence-corrected chi connectivity index (χ3v) is 3.70. The van der Waals surface area contributed by atoms with Crippen molar-refractivity contribution >= 4 is 29.2 Å². The number of carbonyl (C=O) groups excluding carboxylic acids is 2. The summed E-state index contributed by atoms with van der Waals surface area (Å²) < 4.78 is 12.9. The largest absolute Gasteiger partial charge is 0.478 e. The fourth-order valence-electron chi connectivity index (χ4n) is 2.52. The lowest BCUT2D eigenvalue weighted by Gasteiger charge is -2.16. The molecule has 0 bridgehead atoms. The molecule has 1 heterocycles.